The van der Waals surface area contributed by atoms with Gasteiger partial charge in [0, 0.05) is 30.5 Å². The van der Waals surface area contributed by atoms with Crippen molar-refractivity contribution in [2.45, 2.75) is 20.3 Å². The molecule has 5 nitrogen and oxygen atoms in total. The van der Waals surface area contributed by atoms with Crippen LogP contribution in [-0.2, 0) is 11.2 Å². The summed E-state index contributed by atoms with van der Waals surface area (Å²) in [6, 6.07) is 13.2. The second-order valence-corrected chi connectivity index (χ2v) is 5.67. The number of fused-ring (bicyclic) bond motifs is 1. The van der Waals surface area contributed by atoms with E-state index in [2.05, 4.69) is 10.6 Å². The first kappa shape index (κ1) is 15.1. The maximum atomic E-state index is 12.6. The van der Waals surface area contributed by atoms with Crippen LogP contribution in [-0.4, -0.2) is 18.5 Å². The van der Waals surface area contributed by atoms with Gasteiger partial charge in [0.15, 0.2) is 0 Å². The number of para-hydroxylation sites is 1. The molecule has 0 radical (unpaired) electrons. The maximum Gasteiger partial charge on any atom is 0.326 e. The molecule has 0 saturated heterocycles. The Morgan fingerprint density at radius 3 is 2.65 bits per heavy atom. The molecule has 2 aromatic carbocycles. The highest BCUT2D eigenvalue weighted by atomic mass is 16.2. The molecular weight excluding hydrogens is 290 g/mol. The second-order valence-electron chi connectivity index (χ2n) is 5.67. The van der Waals surface area contributed by atoms with Crippen molar-refractivity contribution in [3.8, 4) is 0 Å². The summed E-state index contributed by atoms with van der Waals surface area (Å²) in [6.45, 7) is 4.06. The lowest BCUT2D eigenvalue weighted by Crippen LogP contribution is -2.33. The average Bonchev–Trinajstić information content (AvgIpc) is 2.94. The molecule has 0 saturated carbocycles. The van der Waals surface area contributed by atoms with E-state index in [9.17, 15) is 9.59 Å². The number of nitrogens with one attached hydrogen (secondary N) is 2. The van der Waals surface area contributed by atoms with Crippen molar-refractivity contribution in [2.75, 3.05) is 22.1 Å². The Morgan fingerprint density at radius 2 is 1.87 bits per heavy atom. The molecule has 1 aliphatic heterocycles. The molecular formula is C18H19N3O2. The molecule has 23 heavy (non-hydrogen) atoms. The van der Waals surface area contributed by atoms with Crippen LogP contribution in [0.15, 0.2) is 42.5 Å². The Hall–Kier alpha value is -2.82. The molecule has 0 fully saturated rings. The van der Waals surface area contributed by atoms with E-state index < -0.39 is 0 Å². The van der Waals surface area contributed by atoms with Crippen molar-refractivity contribution in [2.24, 2.45) is 0 Å². The lowest BCUT2D eigenvalue weighted by molar-refractivity contribution is -0.114. The molecule has 1 aliphatic rings. The molecule has 0 atom stereocenters. The topological polar surface area (TPSA) is 61.4 Å². The summed E-state index contributed by atoms with van der Waals surface area (Å²) in [5, 5.41) is 5.67. The number of aryl methyl sites for hydroxylation is 1. The van der Waals surface area contributed by atoms with Crippen molar-refractivity contribution in [1.82, 2.24) is 0 Å². The highest BCUT2D eigenvalue weighted by Crippen LogP contribution is 2.28. The van der Waals surface area contributed by atoms with Crippen LogP contribution in [0.25, 0.3) is 0 Å². The Kier molecular flexibility index (Phi) is 4.02. The van der Waals surface area contributed by atoms with Gasteiger partial charge in [-0.05, 0) is 42.7 Å². The molecule has 3 amide bonds. The first-order valence-corrected chi connectivity index (χ1v) is 7.59. The van der Waals surface area contributed by atoms with Crippen molar-refractivity contribution in [3.05, 3.63) is 53.6 Å². The van der Waals surface area contributed by atoms with Crippen LogP contribution in [0.1, 0.15) is 18.1 Å². The van der Waals surface area contributed by atoms with Crippen molar-refractivity contribution in [1.29, 1.82) is 0 Å². The van der Waals surface area contributed by atoms with Crippen LogP contribution in [0.2, 0.25) is 0 Å². The Labute approximate surface area is 135 Å². The van der Waals surface area contributed by atoms with E-state index in [0.29, 0.717) is 17.9 Å². The van der Waals surface area contributed by atoms with Crippen LogP contribution < -0.4 is 15.5 Å². The molecule has 0 aromatic heterocycles. The average molecular weight is 309 g/mol. The van der Waals surface area contributed by atoms with E-state index >= 15 is 0 Å². The zero-order valence-corrected chi connectivity index (χ0v) is 13.2. The zero-order valence-electron chi connectivity index (χ0n) is 13.2. The van der Waals surface area contributed by atoms with E-state index in [4.69, 9.17) is 0 Å². The summed E-state index contributed by atoms with van der Waals surface area (Å²) in [4.78, 5) is 25.5. The van der Waals surface area contributed by atoms with Crippen LogP contribution in [0.4, 0.5) is 21.9 Å². The van der Waals surface area contributed by atoms with Crippen LogP contribution >= 0.6 is 0 Å². The fourth-order valence-electron chi connectivity index (χ4n) is 2.77. The molecule has 0 unspecified atom stereocenters. The third kappa shape index (κ3) is 3.18. The van der Waals surface area contributed by atoms with Gasteiger partial charge in [-0.15, -0.1) is 0 Å². The summed E-state index contributed by atoms with van der Waals surface area (Å²) in [5.74, 6) is -0.139. The molecule has 5 heteroatoms. The monoisotopic (exact) mass is 309 g/mol. The smallest absolute Gasteiger partial charge is 0.326 e. The second kappa shape index (κ2) is 6.12. The molecule has 0 spiro atoms. The van der Waals surface area contributed by atoms with Gasteiger partial charge >= 0.3 is 6.03 Å². The first-order chi connectivity index (χ1) is 11.0. The number of hydrogen-bond donors (Lipinski definition) is 2. The van der Waals surface area contributed by atoms with E-state index in [1.807, 2.05) is 43.3 Å². The predicted octanol–water partition coefficient (Wildman–Crippen LogP) is 3.55. The van der Waals surface area contributed by atoms with Gasteiger partial charge < -0.3 is 10.6 Å². The van der Waals surface area contributed by atoms with Crippen LogP contribution in [0.3, 0.4) is 0 Å². The number of hydrogen-bond acceptors (Lipinski definition) is 2. The van der Waals surface area contributed by atoms with E-state index in [1.165, 1.54) is 12.5 Å². The molecule has 0 bridgehead atoms. The van der Waals surface area contributed by atoms with Crippen molar-refractivity contribution >= 4 is 29.0 Å². The fraction of sp³-hybridized carbons (Fsp3) is 0.222. The van der Waals surface area contributed by atoms with E-state index in [0.717, 1.165) is 17.7 Å². The molecule has 3 rings (SSSR count). The maximum absolute atomic E-state index is 12.6. The molecule has 2 aromatic rings. The largest absolute Gasteiger partial charge is 0.326 e. The summed E-state index contributed by atoms with van der Waals surface area (Å²) in [7, 11) is 0. The van der Waals surface area contributed by atoms with Gasteiger partial charge in [-0.3, -0.25) is 9.69 Å². The highest BCUT2D eigenvalue weighted by Gasteiger charge is 2.24. The minimum atomic E-state index is -0.155. The number of urea groups is 1. The first-order valence-electron chi connectivity index (χ1n) is 7.59. The van der Waals surface area contributed by atoms with Crippen molar-refractivity contribution < 1.29 is 9.59 Å². The third-order valence-corrected chi connectivity index (χ3v) is 3.93. The Morgan fingerprint density at radius 1 is 1.09 bits per heavy atom. The van der Waals surface area contributed by atoms with Crippen molar-refractivity contribution in [3.63, 3.8) is 0 Å². The van der Waals surface area contributed by atoms with Gasteiger partial charge in [0.05, 0.1) is 0 Å². The normalized spacial score (nSPS) is 12.7. The molecule has 1 heterocycles. The third-order valence-electron chi connectivity index (χ3n) is 3.93. The summed E-state index contributed by atoms with van der Waals surface area (Å²) >= 11 is 0. The standard InChI is InChI=1S/C18H19N3O2/c1-12-7-8-15(19-13(2)22)11-16(12)20-18(23)21-10-9-14-5-3-4-6-17(14)21/h3-8,11H,9-10H2,1-2H3,(H,19,22)(H,20,23). The SMILES string of the molecule is CC(=O)Nc1ccc(C)c(NC(=O)N2CCc3ccccc32)c1. The Bertz CT molecular complexity index is 771. The van der Waals surface area contributed by atoms with Crippen LogP contribution in [0, 0.1) is 6.92 Å². The quantitative estimate of drug-likeness (QED) is 0.891. The minimum absolute atomic E-state index is 0.139. The van der Waals surface area contributed by atoms with Gasteiger partial charge in [-0.25, -0.2) is 4.79 Å². The van der Waals surface area contributed by atoms with Gasteiger partial charge in [0.2, 0.25) is 5.91 Å². The van der Waals surface area contributed by atoms with E-state index in [1.54, 1.807) is 11.0 Å². The number of amides is 3. The van der Waals surface area contributed by atoms with Gasteiger partial charge in [0.25, 0.3) is 0 Å². The summed E-state index contributed by atoms with van der Waals surface area (Å²) in [6.07, 6.45) is 0.870. The highest BCUT2D eigenvalue weighted by molar-refractivity contribution is 6.04. The number of nitrogens with zero attached hydrogens (tertiary/aromatic N) is 1. The number of benzene rings is 2. The molecule has 0 aliphatic carbocycles. The predicted molar refractivity (Wildman–Crippen MR) is 92.0 cm³/mol. The van der Waals surface area contributed by atoms with Gasteiger partial charge in [0.1, 0.15) is 0 Å². The van der Waals surface area contributed by atoms with Crippen LogP contribution in [0.5, 0.6) is 0 Å². The van der Waals surface area contributed by atoms with E-state index in [-0.39, 0.29) is 11.9 Å². The van der Waals surface area contributed by atoms with Gasteiger partial charge in [-0.1, -0.05) is 24.3 Å². The fourth-order valence-corrected chi connectivity index (χ4v) is 2.77. The zero-order chi connectivity index (χ0) is 16.4. The summed E-state index contributed by atoms with van der Waals surface area (Å²) in [5.41, 5.74) is 4.46. The lowest BCUT2D eigenvalue weighted by atomic mass is 10.1. The summed E-state index contributed by atoms with van der Waals surface area (Å²) < 4.78 is 0. The number of anilines is 3. The number of carbonyl (C=O) groups is 2. The van der Waals surface area contributed by atoms with Gasteiger partial charge in [-0.2, -0.15) is 0 Å². The number of carbonyl (C=O) groups excluding carboxylic acids is 2. The minimum Gasteiger partial charge on any atom is -0.326 e. The number of rotatable bonds is 2. The Balaban J connectivity index is 1.80. The molecule has 118 valence electrons. The lowest BCUT2D eigenvalue weighted by Gasteiger charge is -2.19. The molecule has 2 N–H and O–H groups in total.